The Kier molecular flexibility index (Phi) is 7.77. The minimum Gasteiger partial charge on any atom is -0.474 e. The molecule has 11 heteroatoms. The van der Waals surface area contributed by atoms with E-state index in [9.17, 15) is 18.3 Å². The zero-order chi connectivity index (χ0) is 24.1. The van der Waals surface area contributed by atoms with Gasteiger partial charge in [0.2, 0.25) is 15.9 Å². The van der Waals surface area contributed by atoms with Crippen LogP contribution in [0.3, 0.4) is 0 Å². The third kappa shape index (κ3) is 6.50. The van der Waals surface area contributed by atoms with Crippen molar-refractivity contribution in [1.82, 2.24) is 24.5 Å². The number of hydrogen-bond acceptors (Lipinski definition) is 8. The van der Waals surface area contributed by atoms with Crippen LogP contribution in [-0.4, -0.2) is 89.8 Å². The van der Waals surface area contributed by atoms with Gasteiger partial charge in [0.05, 0.1) is 12.4 Å². The van der Waals surface area contributed by atoms with Crippen LogP contribution in [0.2, 0.25) is 0 Å². The van der Waals surface area contributed by atoms with Crippen molar-refractivity contribution in [2.75, 3.05) is 39.0 Å². The van der Waals surface area contributed by atoms with E-state index in [1.807, 2.05) is 12.1 Å². The maximum atomic E-state index is 12.5. The van der Waals surface area contributed by atoms with Crippen LogP contribution in [0, 0.1) is 0 Å². The summed E-state index contributed by atoms with van der Waals surface area (Å²) in [6, 6.07) is 9.79. The average Bonchev–Trinajstić information content (AvgIpc) is 2.82. The molecule has 1 saturated heterocycles. The molecule has 10 nitrogen and oxygen atoms in total. The summed E-state index contributed by atoms with van der Waals surface area (Å²) in [6.45, 7) is 3.03. The van der Waals surface area contributed by atoms with Crippen molar-refractivity contribution >= 4 is 15.9 Å². The number of amides is 1. The lowest BCUT2D eigenvalue weighted by atomic mass is 10.00. The molecular formula is C23H31N5O5S. The first-order valence-corrected chi connectivity index (χ1v) is 13.3. The number of sulfonamides is 1. The summed E-state index contributed by atoms with van der Waals surface area (Å²) in [4.78, 5) is 22.8. The van der Waals surface area contributed by atoms with E-state index in [2.05, 4.69) is 32.3 Å². The average molecular weight is 490 g/mol. The van der Waals surface area contributed by atoms with E-state index in [4.69, 9.17) is 4.74 Å². The number of β-amino-alcohol motifs (C(OH)–C–C–N with tert-alkyl or cyclic N) is 1. The molecule has 4 rings (SSSR count). The summed E-state index contributed by atoms with van der Waals surface area (Å²) in [5.74, 6) is -0.146. The van der Waals surface area contributed by atoms with Crippen LogP contribution in [0.15, 0.2) is 36.7 Å². The molecule has 1 fully saturated rings. The highest BCUT2D eigenvalue weighted by Gasteiger charge is 2.26. The Bertz CT molecular complexity index is 1100. The molecule has 0 aliphatic carbocycles. The predicted octanol–water partition coefficient (Wildman–Crippen LogP) is 0.428. The number of aromatic nitrogens is 2. The number of aliphatic hydroxyl groups excluding tert-OH is 1. The fourth-order valence-corrected chi connectivity index (χ4v) is 5.23. The summed E-state index contributed by atoms with van der Waals surface area (Å²) in [5.41, 5.74) is 2.78. The summed E-state index contributed by atoms with van der Waals surface area (Å²) in [5, 5.41) is 13.2. The summed E-state index contributed by atoms with van der Waals surface area (Å²) in [6.07, 6.45) is 3.62. The number of aliphatic hydroxyl groups is 1. The van der Waals surface area contributed by atoms with Gasteiger partial charge in [-0.3, -0.25) is 9.69 Å². The number of hydrogen-bond donors (Lipinski definition) is 2. The Morgan fingerprint density at radius 2 is 1.94 bits per heavy atom. The number of ether oxygens (including phenoxy) is 1. The Balaban J connectivity index is 1.23. The zero-order valence-electron chi connectivity index (χ0n) is 19.3. The monoisotopic (exact) mass is 489 g/mol. The van der Waals surface area contributed by atoms with Crippen molar-refractivity contribution < 1.29 is 23.1 Å². The van der Waals surface area contributed by atoms with E-state index in [0.29, 0.717) is 32.5 Å². The van der Waals surface area contributed by atoms with Gasteiger partial charge in [-0.2, -0.15) is 0 Å². The highest BCUT2D eigenvalue weighted by Crippen LogP contribution is 2.20. The molecule has 2 N–H and O–H groups in total. The molecule has 0 saturated carbocycles. The third-order valence-electron chi connectivity index (χ3n) is 6.21. The minimum absolute atomic E-state index is 0.112. The smallest absolute Gasteiger partial charge is 0.270 e. The van der Waals surface area contributed by atoms with Gasteiger partial charge in [0.25, 0.3) is 5.91 Å². The first-order chi connectivity index (χ1) is 16.3. The number of benzene rings is 1. The fourth-order valence-electron chi connectivity index (χ4n) is 4.35. The van der Waals surface area contributed by atoms with Crippen molar-refractivity contribution in [3.63, 3.8) is 0 Å². The van der Waals surface area contributed by atoms with Gasteiger partial charge in [-0.1, -0.05) is 24.3 Å². The maximum absolute atomic E-state index is 12.5. The van der Waals surface area contributed by atoms with Crippen LogP contribution in [0.4, 0.5) is 0 Å². The Hall–Kier alpha value is -2.60. The molecule has 2 aliphatic heterocycles. The largest absolute Gasteiger partial charge is 0.474 e. The first kappa shape index (κ1) is 24.5. The molecule has 1 unspecified atom stereocenters. The van der Waals surface area contributed by atoms with E-state index < -0.39 is 22.0 Å². The fraction of sp³-hybridized carbons (Fsp3) is 0.522. The van der Waals surface area contributed by atoms with E-state index >= 15 is 0 Å². The molecular weight excluding hydrogens is 458 g/mol. The standard InChI is InChI=1S/C23H31N5O5S/c1-34(31,32)28-10-7-20(8-11-28)33-22-12-21(25-16-26-22)23(30)24-13-19(29)15-27-9-6-17-4-2-3-5-18(17)14-27/h2-5,12,16,19-20,29H,6-11,13-15H2,1H3,(H,24,30). The molecule has 1 atom stereocenters. The lowest BCUT2D eigenvalue weighted by Gasteiger charge is -2.30. The molecule has 34 heavy (non-hydrogen) atoms. The van der Waals surface area contributed by atoms with Crippen molar-refractivity contribution in [2.24, 2.45) is 0 Å². The lowest BCUT2D eigenvalue weighted by Crippen LogP contribution is -2.42. The van der Waals surface area contributed by atoms with Crippen molar-refractivity contribution in [3.8, 4) is 5.88 Å². The second-order valence-electron chi connectivity index (χ2n) is 8.84. The minimum atomic E-state index is -3.20. The highest BCUT2D eigenvalue weighted by molar-refractivity contribution is 7.88. The number of carbonyl (C=O) groups excluding carboxylic acids is 1. The van der Waals surface area contributed by atoms with Gasteiger partial charge >= 0.3 is 0 Å². The van der Waals surface area contributed by atoms with Crippen molar-refractivity contribution in [2.45, 2.75) is 38.0 Å². The molecule has 1 amide bonds. The number of piperidine rings is 1. The van der Waals surface area contributed by atoms with Gasteiger partial charge in [-0.25, -0.2) is 22.7 Å². The molecule has 184 valence electrons. The molecule has 2 aliphatic rings. The Morgan fingerprint density at radius 3 is 2.68 bits per heavy atom. The van der Waals surface area contributed by atoms with Crippen LogP contribution in [0.1, 0.15) is 34.5 Å². The third-order valence-corrected chi connectivity index (χ3v) is 7.51. The summed E-state index contributed by atoms with van der Waals surface area (Å²) >= 11 is 0. The van der Waals surface area contributed by atoms with Gasteiger partial charge in [-0.15, -0.1) is 0 Å². The quantitative estimate of drug-likeness (QED) is 0.547. The van der Waals surface area contributed by atoms with Crippen LogP contribution in [0.25, 0.3) is 0 Å². The van der Waals surface area contributed by atoms with Gasteiger partial charge in [0.1, 0.15) is 18.1 Å². The number of nitrogens with zero attached hydrogens (tertiary/aromatic N) is 4. The number of carbonyl (C=O) groups is 1. The first-order valence-electron chi connectivity index (χ1n) is 11.5. The van der Waals surface area contributed by atoms with E-state index in [0.717, 1.165) is 19.5 Å². The topological polar surface area (TPSA) is 125 Å². The normalized spacial score (nSPS) is 18.8. The molecule has 1 aromatic heterocycles. The lowest BCUT2D eigenvalue weighted by molar-refractivity contribution is 0.0836. The predicted molar refractivity (Wildman–Crippen MR) is 126 cm³/mol. The van der Waals surface area contributed by atoms with Crippen molar-refractivity contribution in [1.29, 1.82) is 0 Å². The van der Waals surface area contributed by atoms with E-state index in [-0.39, 0.29) is 24.2 Å². The van der Waals surface area contributed by atoms with Crippen molar-refractivity contribution in [3.05, 3.63) is 53.5 Å². The van der Waals surface area contributed by atoms with Gasteiger partial charge in [-0.05, 0) is 30.4 Å². The van der Waals surface area contributed by atoms with E-state index in [1.165, 1.54) is 34.1 Å². The van der Waals surface area contributed by atoms with Crippen LogP contribution in [-0.2, 0) is 23.0 Å². The second kappa shape index (κ2) is 10.8. The Morgan fingerprint density at radius 1 is 1.21 bits per heavy atom. The molecule has 0 radical (unpaired) electrons. The van der Waals surface area contributed by atoms with Gasteiger partial charge in [0.15, 0.2) is 0 Å². The number of nitrogens with one attached hydrogen (secondary N) is 1. The number of fused-ring (bicyclic) bond motifs is 1. The van der Waals surface area contributed by atoms with Gasteiger partial charge < -0.3 is 15.2 Å². The van der Waals surface area contributed by atoms with Crippen LogP contribution < -0.4 is 10.1 Å². The molecule has 0 spiro atoms. The molecule has 3 heterocycles. The van der Waals surface area contributed by atoms with E-state index in [1.54, 1.807) is 0 Å². The second-order valence-corrected chi connectivity index (χ2v) is 10.8. The summed E-state index contributed by atoms with van der Waals surface area (Å²) < 4.78 is 30.6. The SMILES string of the molecule is CS(=O)(=O)N1CCC(Oc2cc(C(=O)NCC(O)CN3CCc4ccccc4C3)ncn2)CC1. The Labute approximate surface area is 200 Å². The number of rotatable bonds is 8. The molecule has 0 bridgehead atoms. The maximum Gasteiger partial charge on any atom is 0.270 e. The molecule has 1 aromatic carbocycles. The van der Waals surface area contributed by atoms with Crippen LogP contribution >= 0.6 is 0 Å². The van der Waals surface area contributed by atoms with Crippen LogP contribution in [0.5, 0.6) is 5.88 Å². The molecule has 2 aromatic rings. The van der Waals surface area contributed by atoms with Gasteiger partial charge in [0, 0.05) is 45.3 Å². The zero-order valence-corrected chi connectivity index (χ0v) is 20.1. The highest BCUT2D eigenvalue weighted by atomic mass is 32.2. The summed E-state index contributed by atoms with van der Waals surface area (Å²) in [7, 11) is -3.20.